The number of hydrogen-bond acceptors (Lipinski definition) is 3. The van der Waals surface area contributed by atoms with Gasteiger partial charge in [0.05, 0.1) is 5.56 Å². The lowest BCUT2D eigenvalue weighted by atomic mass is 9.90. The molecule has 0 bridgehead atoms. The van der Waals surface area contributed by atoms with Crippen LogP contribution in [-0.4, -0.2) is 18.5 Å². The van der Waals surface area contributed by atoms with Crippen LogP contribution in [0.4, 0.5) is 10.1 Å². The van der Waals surface area contributed by atoms with Crippen LogP contribution in [-0.2, 0) is 22.4 Å². The summed E-state index contributed by atoms with van der Waals surface area (Å²) < 4.78 is 18.1. The predicted molar refractivity (Wildman–Crippen MR) is 88.4 cm³/mol. The Hall–Kier alpha value is -2.69. The Morgan fingerprint density at radius 1 is 1.04 bits per heavy atom. The van der Waals surface area contributed by atoms with Crippen LogP contribution in [0.5, 0.6) is 0 Å². The normalized spacial score (nSPS) is 13.0. The molecule has 1 aliphatic carbocycles. The molecule has 3 rings (SSSR count). The zero-order chi connectivity index (χ0) is 16.9. The summed E-state index contributed by atoms with van der Waals surface area (Å²) in [5.41, 5.74) is 3.24. The molecule has 0 saturated heterocycles. The number of ether oxygens (including phenoxy) is 1. The van der Waals surface area contributed by atoms with Crippen molar-refractivity contribution < 1.29 is 18.7 Å². The summed E-state index contributed by atoms with van der Waals surface area (Å²) in [4.78, 5) is 23.9. The van der Waals surface area contributed by atoms with Gasteiger partial charge >= 0.3 is 5.97 Å². The number of amides is 1. The van der Waals surface area contributed by atoms with Gasteiger partial charge in [-0.15, -0.1) is 0 Å². The maximum absolute atomic E-state index is 13.1. The average Bonchev–Trinajstić information content (AvgIpc) is 2.59. The van der Waals surface area contributed by atoms with E-state index in [2.05, 4.69) is 5.32 Å². The highest BCUT2D eigenvalue weighted by molar-refractivity contribution is 5.95. The van der Waals surface area contributed by atoms with E-state index in [0.717, 1.165) is 19.3 Å². The van der Waals surface area contributed by atoms with Crippen molar-refractivity contribution >= 4 is 17.6 Å². The van der Waals surface area contributed by atoms with Gasteiger partial charge in [0.25, 0.3) is 5.91 Å². The minimum atomic E-state index is -0.530. The third-order valence-corrected chi connectivity index (χ3v) is 4.03. The summed E-state index contributed by atoms with van der Waals surface area (Å²) in [5.74, 6) is -1.48. The standard InChI is InChI=1S/C19H18FNO3/c20-16-6-3-7-17(11-16)21-18(22)12-24-19(23)15-9-8-13-4-1-2-5-14(13)10-15/h3,6-11H,1-2,4-5,12H2,(H,21,22). The highest BCUT2D eigenvalue weighted by Crippen LogP contribution is 2.22. The third-order valence-electron chi connectivity index (χ3n) is 4.03. The van der Waals surface area contributed by atoms with Gasteiger partial charge in [0, 0.05) is 5.69 Å². The fraction of sp³-hybridized carbons (Fsp3) is 0.263. The molecule has 0 fully saturated rings. The summed E-state index contributed by atoms with van der Waals surface area (Å²) >= 11 is 0. The van der Waals surface area contributed by atoms with Crippen molar-refractivity contribution in [2.45, 2.75) is 25.7 Å². The highest BCUT2D eigenvalue weighted by atomic mass is 19.1. The van der Waals surface area contributed by atoms with Gasteiger partial charge in [0.15, 0.2) is 6.61 Å². The minimum absolute atomic E-state index is 0.324. The molecule has 0 spiro atoms. The Kier molecular flexibility index (Phi) is 4.89. The molecule has 0 saturated carbocycles. The Bertz CT molecular complexity index is 773. The molecule has 124 valence electrons. The van der Waals surface area contributed by atoms with Gasteiger partial charge in [0.2, 0.25) is 0 Å². The summed E-state index contributed by atoms with van der Waals surface area (Å²) in [7, 11) is 0. The largest absolute Gasteiger partial charge is 0.452 e. The van der Waals surface area contributed by atoms with Crippen LogP contribution in [0.1, 0.15) is 34.3 Å². The van der Waals surface area contributed by atoms with E-state index in [1.54, 1.807) is 12.1 Å². The number of benzene rings is 2. The number of esters is 1. The number of aryl methyl sites for hydroxylation is 2. The molecule has 5 heteroatoms. The van der Waals surface area contributed by atoms with Gasteiger partial charge < -0.3 is 10.1 Å². The first-order valence-corrected chi connectivity index (χ1v) is 7.96. The van der Waals surface area contributed by atoms with E-state index in [-0.39, 0.29) is 0 Å². The molecule has 1 N–H and O–H groups in total. The smallest absolute Gasteiger partial charge is 0.338 e. The maximum Gasteiger partial charge on any atom is 0.338 e. The van der Waals surface area contributed by atoms with Crippen molar-refractivity contribution in [3.63, 3.8) is 0 Å². The first-order chi connectivity index (χ1) is 11.6. The molecule has 0 aromatic heterocycles. The van der Waals surface area contributed by atoms with Crippen LogP contribution < -0.4 is 5.32 Å². The minimum Gasteiger partial charge on any atom is -0.452 e. The van der Waals surface area contributed by atoms with Crippen LogP contribution in [0, 0.1) is 5.82 Å². The van der Waals surface area contributed by atoms with Gasteiger partial charge in [-0.1, -0.05) is 12.1 Å². The molecule has 0 unspecified atom stereocenters. The lowest BCUT2D eigenvalue weighted by Gasteiger charge is -2.16. The van der Waals surface area contributed by atoms with Gasteiger partial charge in [-0.2, -0.15) is 0 Å². The van der Waals surface area contributed by atoms with Crippen molar-refractivity contribution in [1.29, 1.82) is 0 Å². The zero-order valence-corrected chi connectivity index (χ0v) is 13.2. The Morgan fingerprint density at radius 3 is 2.62 bits per heavy atom. The third kappa shape index (κ3) is 3.98. The van der Waals surface area contributed by atoms with Crippen LogP contribution in [0.3, 0.4) is 0 Å². The number of carbonyl (C=O) groups is 2. The van der Waals surface area contributed by atoms with Crippen molar-refractivity contribution in [2.75, 3.05) is 11.9 Å². The average molecular weight is 327 g/mol. The van der Waals surface area contributed by atoms with Crippen molar-refractivity contribution in [1.82, 2.24) is 0 Å². The highest BCUT2D eigenvalue weighted by Gasteiger charge is 2.15. The van der Waals surface area contributed by atoms with E-state index in [0.29, 0.717) is 11.3 Å². The van der Waals surface area contributed by atoms with Crippen LogP contribution in [0.15, 0.2) is 42.5 Å². The summed E-state index contributed by atoms with van der Waals surface area (Å²) in [6.45, 7) is -0.410. The SMILES string of the molecule is O=C(COC(=O)c1ccc2c(c1)CCCC2)Nc1cccc(F)c1. The molecule has 0 heterocycles. The van der Waals surface area contributed by atoms with Crippen molar-refractivity contribution in [3.8, 4) is 0 Å². The summed E-state index contributed by atoms with van der Waals surface area (Å²) in [5, 5.41) is 2.48. The number of nitrogens with one attached hydrogen (secondary N) is 1. The van der Waals surface area contributed by atoms with E-state index in [9.17, 15) is 14.0 Å². The number of carbonyl (C=O) groups excluding carboxylic acids is 2. The van der Waals surface area contributed by atoms with Crippen LogP contribution in [0.2, 0.25) is 0 Å². The van der Waals surface area contributed by atoms with Crippen molar-refractivity contribution in [2.24, 2.45) is 0 Å². The van der Waals surface area contributed by atoms with E-state index in [4.69, 9.17) is 4.74 Å². The summed E-state index contributed by atoms with van der Waals surface area (Å²) in [6.07, 6.45) is 4.32. The molecular weight excluding hydrogens is 309 g/mol. The second-order valence-corrected chi connectivity index (χ2v) is 5.83. The molecule has 24 heavy (non-hydrogen) atoms. The Balaban J connectivity index is 1.56. The fourth-order valence-corrected chi connectivity index (χ4v) is 2.84. The number of anilines is 1. The number of hydrogen-bond donors (Lipinski definition) is 1. The van der Waals surface area contributed by atoms with Gasteiger partial charge in [-0.25, -0.2) is 9.18 Å². The predicted octanol–water partition coefficient (Wildman–Crippen LogP) is 3.50. The molecule has 2 aromatic carbocycles. The Morgan fingerprint density at radius 2 is 1.83 bits per heavy atom. The molecule has 2 aromatic rings. The number of rotatable bonds is 4. The van der Waals surface area contributed by atoms with E-state index in [1.165, 1.54) is 35.7 Å². The van der Waals surface area contributed by atoms with Crippen molar-refractivity contribution in [3.05, 3.63) is 65.0 Å². The Labute approximate surface area is 139 Å². The lowest BCUT2D eigenvalue weighted by molar-refractivity contribution is -0.119. The molecule has 0 atom stereocenters. The molecule has 4 nitrogen and oxygen atoms in total. The van der Waals surface area contributed by atoms with E-state index >= 15 is 0 Å². The fourth-order valence-electron chi connectivity index (χ4n) is 2.84. The molecule has 0 aliphatic heterocycles. The van der Waals surface area contributed by atoms with Crippen LogP contribution >= 0.6 is 0 Å². The second kappa shape index (κ2) is 7.25. The first kappa shape index (κ1) is 16.2. The topological polar surface area (TPSA) is 55.4 Å². The molecule has 1 amide bonds. The first-order valence-electron chi connectivity index (χ1n) is 7.96. The van der Waals surface area contributed by atoms with E-state index < -0.39 is 24.3 Å². The molecular formula is C19H18FNO3. The van der Waals surface area contributed by atoms with Gasteiger partial charge in [-0.05, 0) is 67.1 Å². The van der Waals surface area contributed by atoms with Gasteiger partial charge in [-0.3, -0.25) is 4.79 Å². The maximum atomic E-state index is 13.1. The second-order valence-electron chi connectivity index (χ2n) is 5.83. The number of halogens is 1. The summed E-state index contributed by atoms with van der Waals surface area (Å²) in [6, 6.07) is 11.1. The monoisotopic (exact) mass is 327 g/mol. The van der Waals surface area contributed by atoms with E-state index in [1.807, 2.05) is 12.1 Å². The lowest BCUT2D eigenvalue weighted by Crippen LogP contribution is -2.21. The zero-order valence-electron chi connectivity index (χ0n) is 13.2. The molecule has 1 aliphatic rings. The molecule has 0 radical (unpaired) electrons. The quantitative estimate of drug-likeness (QED) is 0.875. The number of fused-ring (bicyclic) bond motifs is 1. The van der Waals surface area contributed by atoms with Crippen LogP contribution in [0.25, 0.3) is 0 Å². The van der Waals surface area contributed by atoms with Gasteiger partial charge in [0.1, 0.15) is 5.82 Å².